The summed E-state index contributed by atoms with van der Waals surface area (Å²) in [5.74, 6) is 0.239. The zero-order chi connectivity index (χ0) is 17.2. The van der Waals surface area contributed by atoms with Gasteiger partial charge in [-0.2, -0.15) is 4.31 Å². The van der Waals surface area contributed by atoms with E-state index < -0.39 is 10.0 Å². The molecule has 1 heterocycles. The van der Waals surface area contributed by atoms with Crippen molar-refractivity contribution in [2.24, 2.45) is 0 Å². The van der Waals surface area contributed by atoms with Gasteiger partial charge in [0.2, 0.25) is 10.0 Å². The van der Waals surface area contributed by atoms with Gasteiger partial charge < -0.3 is 0 Å². The Kier molecular flexibility index (Phi) is 5.28. The third kappa shape index (κ3) is 3.66. The molecule has 1 fully saturated rings. The number of nitrogens with zero attached hydrogens (tertiary/aromatic N) is 1. The molecule has 2 aromatic carbocycles. The fourth-order valence-corrected chi connectivity index (χ4v) is 5.33. The summed E-state index contributed by atoms with van der Waals surface area (Å²) in [6.07, 6.45) is 2.95. The fraction of sp³-hybridized carbons (Fsp3) is 0.368. The molecule has 128 valence electrons. The van der Waals surface area contributed by atoms with Crippen LogP contribution in [0.25, 0.3) is 0 Å². The second-order valence-corrected chi connectivity index (χ2v) is 8.72. The molecule has 1 aliphatic heterocycles. The van der Waals surface area contributed by atoms with E-state index in [1.165, 1.54) is 5.56 Å². The van der Waals surface area contributed by atoms with E-state index in [2.05, 4.69) is 12.1 Å². The minimum Gasteiger partial charge on any atom is -0.207 e. The van der Waals surface area contributed by atoms with E-state index in [0.717, 1.165) is 24.8 Å². The smallest absolute Gasteiger partial charge is 0.207 e. The molecule has 0 radical (unpaired) electrons. The molecule has 1 atom stereocenters. The molecule has 0 aromatic heterocycles. The SMILES string of the molecule is Cc1ccc(Cl)cc1S(=O)(=O)N1CCCCC(c2ccccc2)C1. The van der Waals surface area contributed by atoms with Gasteiger partial charge in [0.05, 0.1) is 4.90 Å². The van der Waals surface area contributed by atoms with Gasteiger partial charge in [-0.15, -0.1) is 0 Å². The summed E-state index contributed by atoms with van der Waals surface area (Å²) < 4.78 is 27.9. The molecule has 0 saturated carbocycles. The highest BCUT2D eigenvalue weighted by atomic mass is 35.5. The highest BCUT2D eigenvalue weighted by Gasteiger charge is 2.30. The zero-order valence-corrected chi connectivity index (χ0v) is 15.4. The Bertz CT molecular complexity index is 805. The average Bonchev–Trinajstić information content (AvgIpc) is 2.84. The van der Waals surface area contributed by atoms with Crippen molar-refractivity contribution in [3.8, 4) is 0 Å². The van der Waals surface area contributed by atoms with Crippen LogP contribution in [0.3, 0.4) is 0 Å². The normalized spacial score (nSPS) is 19.8. The topological polar surface area (TPSA) is 37.4 Å². The van der Waals surface area contributed by atoms with Gasteiger partial charge in [0, 0.05) is 18.1 Å². The van der Waals surface area contributed by atoms with Crippen LogP contribution in [0.5, 0.6) is 0 Å². The van der Waals surface area contributed by atoms with Crippen molar-refractivity contribution in [3.63, 3.8) is 0 Å². The standard InChI is InChI=1S/C19H22ClNO2S/c1-15-10-11-18(20)13-19(15)24(22,23)21-12-6-5-9-17(14-21)16-7-3-2-4-8-16/h2-4,7-8,10-11,13,17H,5-6,9,12,14H2,1H3. The second-order valence-electron chi connectivity index (χ2n) is 6.38. The summed E-state index contributed by atoms with van der Waals surface area (Å²) in [5, 5.41) is 0.452. The lowest BCUT2D eigenvalue weighted by atomic mass is 9.95. The van der Waals surface area contributed by atoms with Crippen LogP contribution in [0.4, 0.5) is 0 Å². The number of sulfonamides is 1. The van der Waals surface area contributed by atoms with Gasteiger partial charge in [-0.1, -0.05) is 54.4 Å². The molecule has 0 spiro atoms. The predicted octanol–water partition coefficient (Wildman–Crippen LogP) is 4.61. The first-order valence-corrected chi connectivity index (χ1v) is 10.1. The molecule has 0 aliphatic carbocycles. The molecule has 0 N–H and O–H groups in total. The van der Waals surface area contributed by atoms with Crippen molar-refractivity contribution in [2.45, 2.75) is 37.0 Å². The molecule has 24 heavy (non-hydrogen) atoms. The van der Waals surface area contributed by atoms with Crippen LogP contribution >= 0.6 is 11.6 Å². The van der Waals surface area contributed by atoms with Gasteiger partial charge in [0.15, 0.2) is 0 Å². The summed E-state index contributed by atoms with van der Waals surface area (Å²) in [5.41, 5.74) is 1.95. The third-order valence-electron chi connectivity index (χ3n) is 4.67. The Hall–Kier alpha value is -1.36. The molecular formula is C19H22ClNO2S. The number of hydrogen-bond acceptors (Lipinski definition) is 2. The lowest BCUT2D eigenvalue weighted by Gasteiger charge is -2.25. The Morgan fingerprint density at radius 2 is 1.83 bits per heavy atom. The third-order valence-corrected chi connectivity index (χ3v) is 6.92. The minimum atomic E-state index is -3.53. The van der Waals surface area contributed by atoms with Crippen molar-refractivity contribution in [1.82, 2.24) is 4.31 Å². The van der Waals surface area contributed by atoms with E-state index in [0.29, 0.717) is 23.0 Å². The van der Waals surface area contributed by atoms with Gasteiger partial charge in [-0.05, 0) is 48.9 Å². The van der Waals surface area contributed by atoms with E-state index in [9.17, 15) is 8.42 Å². The van der Waals surface area contributed by atoms with Gasteiger partial charge in [0.1, 0.15) is 0 Å². The summed E-state index contributed by atoms with van der Waals surface area (Å²) >= 11 is 6.04. The summed E-state index contributed by atoms with van der Waals surface area (Å²) in [6, 6.07) is 15.3. The Morgan fingerprint density at radius 1 is 1.08 bits per heavy atom. The molecule has 0 amide bonds. The molecule has 3 nitrogen and oxygen atoms in total. The Labute approximate surface area is 149 Å². The summed E-state index contributed by atoms with van der Waals surface area (Å²) in [6.45, 7) is 2.91. The van der Waals surface area contributed by atoms with E-state index in [1.807, 2.05) is 25.1 Å². The van der Waals surface area contributed by atoms with Gasteiger partial charge >= 0.3 is 0 Å². The van der Waals surface area contributed by atoms with E-state index in [4.69, 9.17) is 11.6 Å². The zero-order valence-electron chi connectivity index (χ0n) is 13.8. The van der Waals surface area contributed by atoms with Crippen molar-refractivity contribution in [1.29, 1.82) is 0 Å². The van der Waals surface area contributed by atoms with E-state index >= 15 is 0 Å². The van der Waals surface area contributed by atoms with E-state index in [1.54, 1.807) is 22.5 Å². The lowest BCUT2D eigenvalue weighted by Crippen LogP contribution is -2.34. The first-order chi connectivity index (χ1) is 11.5. The van der Waals surface area contributed by atoms with Gasteiger partial charge in [-0.25, -0.2) is 8.42 Å². The first kappa shape index (κ1) is 17.5. The monoisotopic (exact) mass is 363 g/mol. The number of benzene rings is 2. The lowest BCUT2D eigenvalue weighted by molar-refractivity contribution is 0.406. The number of halogens is 1. The average molecular weight is 364 g/mol. The summed E-state index contributed by atoms with van der Waals surface area (Å²) in [7, 11) is -3.53. The summed E-state index contributed by atoms with van der Waals surface area (Å²) in [4.78, 5) is 0.323. The van der Waals surface area contributed by atoms with Gasteiger partial charge in [0.25, 0.3) is 0 Å². The maximum Gasteiger partial charge on any atom is 0.243 e. The second kappa shape index (κ2) is 7.26. The highest BCUT2D eigenvalue weighted by molar-refractivity contribution is 7.89. The molecule has 1 aliphatic rings. The van der Waals surface area contributed by atoms with Crippen LogP contribution in [0.2, 0.25) is 5.02 Å². The predicted molar refractivity (Wildman–Crippen MR) is 98.0 cm³/mol. The van der Waals surface area contributed by atoms with Crippen LogP contribution < -0.4 is 0 Å². The van der Waals surface area contributed by atoms with Crippen molar-refractivity contribution < 1.29 is 8.42 Å². The van der Waals surface area contributed by atoms with Crippen molar-refractivity contribution in [3.05, 3.63) is 64.7 Å². The van der Waals surface area contributed by atoms with Crippen LogP contribution in [0.1, 0.15) is 36.3 Å². The Balaban J connectivity index is 1.93. The number of hydrogen-bond donors (Lipinski definition) is 0. The molecule has 3 rings (SSSR count). The fourth-order valence-electron chi connectivity index (χ4n) is 3.31. The molecule has 5 heteroatoms. The van der Waals surface area contributed by atoms with E-state index in [-0.39, 0.29) is 5.92 Å². The van der Waals surface area contributed by atoms with Crippen molar-refractivity contribution >= 4 is 21.6 Å². The van der Waals surface area contributed by atoms with Crippen LogP contribution in [-0.2, 0) is 10.0 Å². The van der Waals surface area contributed by atoms with Crippen molar-refractivity contribution in [2.75, 3.05) is 13.1 Å². The molecule has 1 saturated heterocycles. The maximum atomic E-state index is 13.2. The number of rotatable bonds is 3. The maximum absolute atomic E-state index is 13.2. The molecule has 2 aromatic rings. The van der Waals surface area contributed by atoms with Crippen LogP contribution in [-0.4, -0.2) is 25.8 Å². The van der Waals surface area contributed by atoms with Crippen LogP contribution in [0, 0.1) is 6.92 Å². The minimum absolute atomic E-state index is 0.239. The number of aryl methyl sites for hydroxylation is 1. The molecule has 0 bridgehead atoms. The molecular weight excluding hydrogens is 342 g/mol. The quantitative estimate of drug-likeness (QED) is 0.798. The molecule has 1 unspecified atom stereocenters. The largest absolute Gasteiger partial charge is 0.243 e. The van der Waals surface area contributed by atoms with Gasteiger partial charge in [-0.3, -0.25) is 0 Å². The van der Waals surface area contributed by atoms with Crippen LogP contribution in [0.15, 0.2) is 53.4 Å². The Morgan fingerprint density at radius 3 is 2.58 bits per heavy atom. The highest BCUT2D eigenvalue weighted by Crippen LogP contribution is 2.31. The first-order valence-electron chi connectivity index (χ1n) is 8.30.